The fourth-order valence-corrected chi connectivity index (χ4v) is 5.16. The van der Waals surface area contributed by atoms with Crippen LogP contribution in [0.1, 0.15) is 54.3 Å². The van der Waals surface area contributed by atoms with Gasteiger partial charge in [0, 0.05) is 20.3 Å². The molecular formula is C14H20BrNO2S. The molecule has 1 saturated carbocycles. The molecule has 0 aromatic carbocycles. The number of thiophene rings is 1. The Balaban J connectivity index is 2.13. The maximum Gasteiger partial charge on any atom is 0.303 e. The van der Waals surface area contributed by atoms with E-state index in [4.69, 9.17) is 10.8 Å². The van der Waals surface area contributed by atoms with E-state index in [9.17, 15) is 4.79 Å². The Hall–Kier alpha value is -0.390. The van der Waals surface area contributed by atoms with Crippen molar-refractivity contribution in [3.05, 3.63) is 20.3 Å². The van der Waals surface area contributed by atoms with Crippen molar-refractivity contribution in [2.75, 3.05) is 0 Å². The molecule has 0 amide bonds. The smallest absolute Gasteiger partial charge is 0.303 e. The van der Waals surface area contributed by atoms with Gasteiger partial charge in [-0.3, -0.25) is 4.79 Å². The molecule has 0 spiro atoms. The van der Waals surface area contributed by atoms with Gasteiger partial charge in [0.2, 0.25) is 0 Å². The third-order valence-corrected chi connectivity index (χ3v) is 6.12. The van der Waals surface area contributed by atoms with Crippen LogP contribution in [0.3, 0.4) is 0 Å². The molecule has 1 aliphatic carbocycles. The van der Waals surface area contributed by atoms with Crippen LogP contribution in [-0.4, -0.2) is 11.1 Å². The van der Waals surface area contributed by atoms with Gasteiger partial charge in [0.25, 0.3) is 0 Å². The van der Waals surface area contributed by atoms with Gasteiger partial charge in [-0.2, -0.15) is 0 Å². The lowest BCUT2D eigenvalue weighted by molar-refractivity contribution is -0.139. The summed E-state index contributed by atoms with van der Waals surface area (Å²) in [6, 6.07) is 2.02. The summed E-state index contributed by atoms with van der Waals surface area (Å²) in [7, 11) is 0. The zero-order valence-electron chi connectivity index (χ0n) is 11.1. The Bertz CT molecular complexity index is 466. The topological polar surface area (TPSA) is 63.3 Å². The third kappa shape index (κ3) is 3.58. The number of hydrogen-bond acceptors (Lipinski definition) is 3. The molecule has 1 aromatic rings. The minimum Gasteiger partial charge on any atom is -0.481 e. The molecule has 3 N–H and O–H groups in total. The molecule has 0 saturated heterocycles. The number of carboxylic acids is 1. The summed E-state index contributed by atoms with van der Waals surface area (Å²) in [4.78, 5) is 13.5. The Morgan fingerprint density at radius 3 is 2.68 bits per heavy atom. The van der Waals surface area contributed by atoms with E-state index in [2.05, 4.69) is 28.9 Å². The zero-order valence-corrected chi connectivity index (χ0v) is 13.5. The van der Waals surface area contributed by atoms with Crippen molar-refractivity contribution in [3.63, 3.8) is 0 Å². The van der Waals surface area contributed by atoms with Crippen LogP contribution in [-0.2, 0) is 4.79 Å². The zero-order chi connectivity index (χ0) is 14.0. The molecular weight excluding hydrogens is 326 g/mol. The van der Waals surface area contributed by atoms with Crippen LogP contribution in [0.4, 0.5) is 0 Å². The Morgan fingerprint density at radius 2 is 2.21 bits per heavy atom. The highest BCUT2D eigenvalue weighted by Gasteiger charge is 2.38. The number of aryl methyl sites for hydroxylation is 1. The van der Waals surface area contributed by atoms with E-state index in [-0.39, 0.29) is 17.9 Å². The second-order valence-electron chi connectivity index (χ2n) is 5.66. The normalized spacial score (nSPS) is 19.5. The van der Waals surface area contributed by atoms with E-state index in [1.165, 1.54) is 4.88 Å². The molecule has 1 aromatic heterocycles. The summed E-state index contributed by atoms with van der Waals surface area (Å²) < 4.78 is 1.06. The highest BCUT2D eigenvalue weighted by molar-refractivity contribution is 9.10. The van der Waals surface area contributed by atoms with Gasteiger partial charge < -0.3 is 10.8 Å². The maximum absolute atomic E-state index is 11.1. The second-order valence-corrected chi connectivity index (χ2v) is 7.80. The van der Waals surface area contributed by atoms with E-state index < -0.39 is 5.97 Å². The summed E-state index contributed by atoms with van der Waals surface area (Å²) >= 11 is 5.25. The van der Waals surface area contributed by atoms with Crippen molar-refractivity contribution < 1.29 is 9.90 Å². The minimum atomic E-state index is -0.699. The molecule has 2 rings (SSSR count). The predicted molar refractivity (Wildman–Crippen MR) is 81.5 cm³/mol. The molecule has 1 unspecified atom stereocenters. The monoisotopic (exact) mass is 345 g/mol. The largest absolute Gasteiger partial charge is 0.481 e. The summed E-state index contributed by atoms with van der Waals surface area (Å²) in [5.41, 5.74) is 6.24. The van der Waals surface area contributed by atoms with E-state index in [1.54, 1.807) is 11.3 Å². The van der Waals surface area contributed by atoms with Gasteiger partial charge in [0.15, 0.2) is 0 Å². The average molecular weight is 346 g/mol. The van der Waals surface area contributed by atoms with Crippen molar-refractivity contribution in [1.82, 2.24) is 0 Å². The fourth-order valence-electron chi connectivity index (χ4n) is 3.21. The second kappa shape index (κ2) is 5.94. The number of carbonyl (C=O) groups is 1. The standard InChI is InChI=1S/C14H20BrNO2S/c1-9-6-10(15)13(19-9)11(16)7-14(8-12(17)18)4-2-3-5-14/h6,11H,2-5,7-8,16H2,1H3,(H,17,18). The fraction of sp³-hybridized carbons (Fsp3) is 0.643. The number of nitrogens with two attached hydrogens (primary N) is 1. The summed E-state index contributed by atoms with van der Waals surface area (Å²) in [5.74, 6) is -0.699. The van der Waals surface area contributed by atoms with Gasteiger partial charge in [-0.15, -0.1) is 11.3 Å². The number of hydrogen-bond donors (Lipinski definition) is 2. The molecule has 0 aliphatic heterocycles. The SMILES string of the molecule is Cc1cc(Br)c(C(N)CC2(CC(=O)O)CCCC2)s1. The van der Waals surface area contributed by atoms with Crippen LogP contribution < -0.4 is 5.73 Å². The van der Waals surface area contributed by atoms with E-state index >= 15 is 0 Å². The highest BCUT2D eigenvalue weighted by atomic mass is 79.9. The summed E-state index contributed by atoms with van der Waals surface area (Å²) in [5, 5.41) is 9.13. The summed E-state index contributed by atoms with van der Waals surface area (Å²) in [6.45, 7) is 2.06. The van der Waals surface area contributed by atoms with Gasteiger partial charge in [-0.25, -0.2) is 0 Å². The quantitative estimate of drug-likeness (QED) is 0.838. The van der Waals surface area contributed by atoms with Crippen LogP contribution in [0, 0.1) is 12.3 Å². The van der Waals surface area contributed by atoms with Crippen molar-refractivity contribution in [1.29, 1.82) is 0 Å². The molecule has 106 valence electrons. The molecule has 3 nitrogen and oxygen atoms in total. The van der Waals surface area contributed by atoms with Crippen molar-refractivity contribution in [3.8, 4) is 0 Å². The van der Waals surface area contributed by atoms with Gasteiger partial charge >= 0.3 is 5.97 Å². The van der Waals surface area contributed by atoms with Gasteiger partial charge in [0.1, 0.15) is 0 Å². The molecule has 1 aliphatic rings. The van der Waals surface area contributed by atoms with Crippen molar-refractivity contribution in [2.45, 2.75) is 51.5 Å². The minimum absolute atomic E-state index is 0.0643. The molecule has 5 heteroatoms. The third-order valence-electron chi connectivity index (χ3n) is 4.02. The van der Waals surface area contributed by atoms with E-state index in [0.29, 0.717) is 0 Å². The molecule has 1 atom stereocenters. The Labute approximate surface area is 126 Å². The first-order chi connectivity index (χ1) is 8.92. The lowest BCUT2D eigenvalue weighted by Gasteiger charge is -2.30. The molecule has 1 fully saturated rings. The highest BCUT2D eigenvalue weighted by Crippen LogP contribution is 2.48. The van der Waals surface area contributed by atoms with Crippen LogP contribution in [0.25, 0.3) is 0 Å². The van der Waals surface area contributed by atoms with Gasteiger partial charge in [-0.1, -0.05) is 12.8 Å². The first-order valence-corrected chi connectivity index (χ1v) is 8.26. The Kier molecular flexibility index (Phi) is 4.69. The molecule has 19 heavy (non-hydrogen) atoms. The first kappa shape index (κ1) is 15.0. The molecule has 0 bridgehead atoms. The van der Waals surface area contributed by atoms with Gasteiger partial charge in [0.05, 0.1) is 6.42 Å². The number of aliphatic carboxylic acids is 1. The lowest BCUT2D eigenvalue weighted by Crippen LogP contribution is -2.26. The lowest BCUT2D eigenvalue weighted by atomic mass is 9.77. The van der Waals surface area contributed by atoms with Crippen LogP contribution in [0.15, 0.2) is 10.5 Å². The Morgan fingerprint density at radius 1 is 1.58 bits per heavy atom. The van der Waals surface area contributed by atoms with E-state index in [1.807, 2.05) is 0 Å². The number of carboxylic acid groups (broad SMARTS) is 1. The molecule has 1 heterocycles. The molecule has 0 radical (unpaired) electrons. The van der Waals surface area contributed by atoms with E-state index in [0.717, 1.165) is 41.5 Å². The number of rotatable bonds is 5. The first-order valence-electron chi connectivity index (χ1n) is 6.65. The van der Waals surface area contributed by atoms with Crippen LogP contribution in [0.2, 0.25) is 0 Å². The van der Waals surface area contributed by atoms with Crippen LogP contribution >= 0.6 is 27.3 Å². The van der Waals surface area contributed by atoms with Crippen LogP contribution in [0.5, 0.6) is 0 Å². The van der Waals surface area contributed by atoms with Crippen molar-refractivity contribution in [2.24, 2.45) is 11.1 Å². The van der Waals surface area contributed by atoms with Gasteiger partial charge in [-0.05, 0) is 53.6 Å². The maximum atomic E-state index is 11.1. The summed E-state index contributed by atoms with van der Waals surface area (Å²) in [6.07, 6.45) is 5.28. The van der Waals surface area contributed by atoms with Crippen molar-refractivity contribution >= 4 is 33.2 Å². The average Bonchev–Trinajstić information content (AvgIpc) is 2.85. The predicted octanol–water partition coefficient (Wildman–Crippen LogP) is 4.24. The number of halogens is 1.